The summed E-state index contributed by atoms with van der Waals surface area (Å²) in [5.41, 5.74) is 1.83. The molecule has 5 nitrogen and oxygen atoms in total. The summed E-state index contributed by atoms with van der Waals surface area (Å²) in [4.78, 5) is 16.5. The molecule has 3 N–H and O–H groups in total. The van der Waals surface area contributed by atoms with Crippen LogP contribution in [0.4, 0.5) is 5.69 Å². The molecule has 0 saturated carbocycles. The lowest BCUT2D eigenvalue weighted by molar-refractivity contribution is -0.116. The molecular formula is C19H28N4OS. The first-order valence-corrected chi connectivity index (χ1v) is 10.2. The Balaban J connectivity index is 1.35. The second-order valence-corrected chi connectivity index (χ2v) is 8.46. The monoisotopic (exact) mass is 360 g/mol. The normalized spacial score (nSPS) is 24.8. The van der Waals surface area contributed by atoms with Gasteiger partial charge in [-0.25, -0.2) is 0 Å². The van der Waals surface area contributed by atoms with Crippen LogP contribution in [0.2, 0.25) is 0 Å². The number of carbonyl (C=O) groups is 1. The molecule has 0 aromatic carbocycles. The SMILES string of the molecule is C=C1NC2CSC(CCCCC(=O)Nc3ccc(C(C)C)nc3)C2N1. The zero-order chi connectivity index (χ0) is 17.8. The van der Waals surface area contributed by atoms with Crippen molar-refractivity contribution in [1.29, 1.82) is 0 Å². The number of rotatable bonds is 7. The molecule has 1 aromatic rings. The first kappa shape index (κ1) is 18.1. The Bertz CT molecular complexity index is 616. The van der Waals surface area contributed by atoms with Gasteiger partial charge in [0.15, 0.2) is 0 Å². The van der Waals surface area contributed by atoms with Crippen molar-refractivity contribution in [2.45, 2.75) is 62.8 Å². The molecule has 6 heteroatoms. The Morgan fingerprint density at radius 2 is 2.24 bits per heavy atom. The van der Waals surface area contributed by atoms with Crippen molar-refractivity contribution in [3.63, 3.8) is 0 Å². The van der Waals surface area contributed by atoms with E-state index in [9.17, 15) is 4.79 Å². The van der Waals surface area contributed by atoms with Crippen molar-refractivity contribution in [2.75, 3.05) is 11.1 Å². The molecule has 1 aromatic heterocycles. The lowest BCUT2D eigenvalue weighted by Crippen LogP contribution is -2.36. The van der Waals surface area contributed by atoms with Crippen LogP contribution in [-0.4, -0.2) is 34.0 Å². The molecule has 2 aliphatic heterocycles. The molecule has 136 valence electrons. The van der Waals surface area contributed by atoms with Crippen LogP contribution >= 0.6 is 11.8 Å². The van der Waals surface area contributed by atoms with Crippen LogP contribution in [0.5, 0.6) is 0 Å². The van der Waals surface area contributed by atoms with Crippen LogP contribution < -0.4 is 16.0 Å². The lowest BCUT2D eigenvalue weighted by atomic mass is 10.0. The summed E-state index contributed by atoms with van der Waals surface area (Å²) in [6, 6.07) is 4.93. The largest absolute Gasteiger partial charge is 0.367 e. The second kappa shape index (κ2) is 8.13. The predicted octanol–water partition coefficient (Wildman–Crippen LogP) is 3.22. The summed E-state index contributed by atoms with van der Waals surface area (Å²) >= 11 is 2.03. The first-order chi connectivity index (χ1) is 12.0. The molecule has 2 fully saturated rings. The Hall–Kier alpha value is -1.69. The number of pyridine rings is 1. The number of thioether (sulfide) groups is 1. The Morgan fingerprint density at radius 3 is 2.96 bits per heavy atom. The van der Waals surface area contributed by atoms with E-state index >= 15 is 0 Å². The van der Waals surface area contributed by atoms with E-state index in [2.05, 4.69) is 41.4 Å². The number of aromatic nitrogens is 1. The van der Waals surface area contributed by atoms with Gasteiger partial charge < -0.3 is 16.0 Å². The standard InChI is InChI=1S/C19H28N4OS/c1-12(2)15-9-8-14(10-20-15)23-18(24)7-5-4-6-17-19-16(11-25-17)21-13(3)22-19/h8-10,12,16-17,19,21-22H,3-7,11H2,1-2H3,(H,23,24). The molecule has 2 saturated heterocycles. The second-order valence-electron chi connectivity index (χ2n) is 7.19. The van der Waals surface area contributed by atoms with Crippen molar-refractivity contribution < 1.29 is 4.79 Å². The van der Waals surface area contributed by atoms with Crippen LogP contribution in [0.3, 0.4) is 0 Å². The third kappa shape index (κ3) is 4.69. The average Bonchev–Trinajstić information content (AvgIpc) is 3.11. The fourth-order valence-corrected chi connectivity index (χ4v) is 4.97. The fourth-order valence-electron chi connectivity index (χ4n) is 3.42. The van der Waals surface area contributed by atoms with Gasteiger partial charge in [0.2, 0.25) is 5.91 Å². The van der Waals surface area contributed by atoms with Crippen molar-refractivity contribution >= 4 is 23.4 Å². The number of anilines is 1. The maximum atomic E-state index is 12.1. The molecule has 3 rings (SSSR count). The Labute approximate surface area is 154 Å². The Kier molecular flexibility index (Phi) is 5.89. The molecular weight excluding hydrogens is 332 g/mol. The van der Waals surface area contributed by atoms with Gasteiger partial charge in [0, 0.05) is 23.1 Å². The molecule has 2 aliphatic rings. The number of hydrogen-bond donors (Lipinski definition) is 3. The molecule has 0 bridgehead atoms. The molecule has 25 heavy (non-hydrogen) atoms. The quantitative estimate of drug-likeness (QED) is 0.652. The Morgan fingerprint density at radius 1 is 1.40 bits per heavy atom. The molecule has 0 spiro atoms. The van der Waals surface area contributed by atoms with Crippen LogP contribution in [-0.2, 0) is 4.79 Å². The maximum absolute atomic E-state index is 12.1. The van der Waals surface area contributed by atoms with Crippen LogP contribution in [0, 0.1) is 0 Å². The third-order valence-corrected chi connectivity index (χ3v) is 6.34. The van der Waals surface area contributed by atoms with Crippen LogP contribution in [0.25, 0.3) is 0 Å². The minimum Gasteiger partial charge on any atom is -0.367 e. The number of unbranched alkanes of at least 4 members (excludes halogenated alkanes) is 1. The zero-order valence-corrected chi connectivity index (χ0v) is 15.9. The van der Waals surface area contributed by atoms with E-state index in [0.29, 0.717) is 29.7 Å². The van der Waals surface area contributed by atoms with Crippen molar-refractivity contribution in [2.24, 2.45) is 0 Å². The molecule has 0 aliphatic carbocycles. The van der Waals surface area contributed by atoms with E-state index in [1.54, 1.807) is 6.20 Å². The fraction of sp³-hybridized carbons (Fsp3) is 0.579. The smallest absolute Gasteiger partial charge is 0.224 e. The van der Waals surface area contributed by atoms with Crippen molar-refractivity contribution in [3.05, 3.63) is 36.4 Å². The predicted molar refractivity (Wildman–Crippen MR) is 105 cm³/mol. The van der Waals surface area contributed by atoms with Gasteiger partial charge >= 0.3 is 0 Å². The molecule has 0 radical (unpaired) electrons. The van der Waals surface area contributed by atoms with E-state index in [1.807, 2.05) is 23.9 Å². The summed E-state index contributed by atoms with van der Waals surface area (Å²) in [6.45, 7) is 8.18. The van der Waals surface area contributed by atoms with Gasteiger partial charge in [-0.05, 0) is 30.9 Å². The minimum atomic E-state index is 0.0742. The maximum Gasteiger partial charge on any atom is 0.224 e. The number of carbonyl (C=O) groups excluding carboxylic acids is 1. The summed E-state index contributed by atoms with van der Waals surface area (Å²) < 4.78 is 0. The molecule has 3 unspecified atom stereocenters. The van der Waals surface area contributed by atoms with Gasteiger partial charge in [-0.15, -0.1) is 0 Å². The summed E-state index contributed by atoms with van der Waals surface area (Å²) in [5.74, 6) is 2.57. The third-order valence-electron chi connectivity index (χ3n) is 4.83. The highest BCUT2D eigenvalue weighted by Crippen LogP contribution is 2.34. The average molecular weight is 361 g/mol. The number of fused-ring (bicyclic) bond motifs is 1. The summed E-state index contributed by atoms with van der Waals surface area (Å²) in [6.07, 6.45) is 5.45. The van der Waals surface area contributed by atoms with E-state index in [-0.39, 0.29) is 5.91 Å². The minimum absolute atomic E-state index is 0.0742. The number of hydrogen-bond acceptors (Lipinski definition) is 5. The van der Waals surface area contributed by atoms with E-state index in [4.69, 9.17) is 0 Å². The molecule has 1 amide bonds. The highest BCUT2D eigenvalue weighted by Gasteiger charge is 2.40. The van der Waals surface area contributed by atoms with E-state index < -0.39 is 0 Å². The number of nitrogens with one attached hydrogen (secondary N) is 3. The highest BCUT2D eigenvalue weighted by molar-refractivity contribution is 8.00. The topological polar surface area (TPSA) is 66.0 Å². The van der Waals surface area contributed by atoms with Crippen molar-refractivity contribution in [1.82, 2.24) is 15.6 Å². The highest BCUT2D eigenvalue weighted by atomic mass is 32.2. The van der Waals surface area contributed by atoms with Gasteiger partial charge in [0.25, 0.3) is 0 Å². The molecule has 3 atom stereocenters. The van der Waals surface area contributed by atoms with Crippen molar-refractivity contribution in [3.8, 4) is 0 Å². The zero-order valence-electron chi connectivity index (χ0n) is 15.0. The van der Waals surface area contributed by atoms with E-state index in [1.165, 1.54) is 0 Å². The van der Waals surface area contributed by atoms with Gasteiger partial charge in [-0.2, -0.15) is 11.8 Å². The number of nitrogens with zero attached hydrogens (tertiary/aromatic N) is 1. The van der Waals surface area contributed by atoms with Crippen LogP contribution in [0.15, 0.2) is 30.7 Å². The van der Waals surface area contributed by atoms with Gasteiger partial charge in [0.1, 0.15) is 0 Å². The lowest BCUT2D eigenvalue weighted by Gasteiger charge is -2.17. The number of amides is 1. The summed E-state index contributed by atoms with van der Waals surface area (Å²) in [5, 5.41) is 10.4. The van der Waals surface area contributed by atoms with Gasteiger partial charge in [-0.3, -0.25) is 9.78 Å². The van der Waals surface area contributed by atoms with Crippen LogP contribution in [0.1, 0.15) is 51.1 Å². The van der Waals surface area contributed by atoms with Gasteiger partial charge in [-0.1, -0.05) is 26.8 Å². The molecule has 3 heterocycles. The summed E-state index contributed by atoms with van der Waals surface area (Å²) in [7, 11) is 0. The van der Waals surface area contributed by atoms with E-state index in [0.717, 1.165) is 42.2 Å². The first-order valence-electron chi connectivity index (χ1n) is 9.12. The van der Waals surface area contributed by atoms with Gasteiger partial charge in [0.05, 0.1) is 29.8 Å².